The van der Waals surface area contributed by atoms with Gasteiger partial charge in [-0.25, -0.2) is 0 Å². The van der Waals surface area contributed by atoms with Crippen LogP contribution in [0.15, 0.2) is 30.3 Å². The normalized spacial score (nSPS) is 41.3. The average Bonchev–Trinajstić information content (AvgIpc) is 2.76. The van der Waals surface area contributed by atoms with E-state index in [0.29, 0.717) is 6.61 Å². The Hall–Kier alpha value is -1.14. The summed E-state index contributed by atoms with van der Waals surface area (Å²) in [6.07, 6.45) is -7.37. The van der Waals surface area contributed by atoms with Crippen LogP contribution in [0.25, 0.3) is 0 Å². The van der Waals surface area contributed by atoms with Crippen molar-refractivity contribution < 1.29 is 43.4 Å². The minimum absolute atomic E-state index is 0.365. The van der Waals surface area contributed by atoms with E-state index in [2.05, 4.69) is 0 Å². The molecule has 10 atom stereocenters. The first-order valence-corrected chi connectivity index (χ1v) is 10.5. The fourth-order valence-corrected chi connectivity index (χ4v) is 4.22. The van der Waals surface area contributed by atoms with Gasteiger partial charge in [0.25, 0.3) is 0 Å². The fraction of sp³-hybridized carbons (Fsp3) is 0.727. The summed E-state index contributed by atoms with van der Waals surface area (Å²) in [5.74, 6) is 0. The molecule has 9 heteroatoms. The van der Waals surface area contributed by atoms with Crippen molar-refractivity contribution in [1.82, 2.24) is 0 Å². The predicted molar refractivity (Wildman–Crippen MR) is 109 cm³/mol. The lowest BCUT2D eigenvalue weighted by molar-refractivity contribution is -0.355. The minimum atomic E-state index is -1.15. The van der Waals surface area contributed by atoms with E-state index in [-0.39, 0.29) is 0 Å². The molecule has 0 aromatic heterocycles. The predicted octanol–water partition coefficient (Wildman–Crippen LogP) is 0.845. The van der Waals surface area contributed by atoms with E-state index in [1.807, 2.05) is 37.3 Å². The zero-order valence-corrected chi connectivity index (χ0v) is 18.6. The summed E-state index contributed by atoms with van der Waals surface area (Å²) in [6, 6.07) is 9.75. The second kappa shape index (κ2) is 11.1. The summed E-state index contributed by atoms with van der Waals surface area (Å²) in [5, 5.41) is 21.1. The Bertz CT molecular complexity index is 660. The van der Waals surface area contributed by atoms with E-state index >= 15 is 0 Å². The Labute approximate surface area is 183 Å². The first kappa shape index (κ1) is 24.5. The summed E-state index contributed by atoms with van der Waals surface area (Å²) in [4.78, 5) is 0. The number of methoxy groups -OCH3 is 3. The molecular formula is C22H34O9. The highest BCUT2D eigenvalue weighted by molar-refractivity contribution is 5.13. The van der Waals surface area contributed by atoms with Crippen LogP contribution in [0.5, 0.6) is 0 Å². The largest absolute Gasteiger partial charge is 0.385 e. The van der Waals surface area contributed by atoms with Crippen molar-refractivity contribution in [2.75, 3.05) is 21.3 Å². The van der Waals surface area contributed by atoms with Crippen LogP contribution < -0.4 is 0 Å². The molecule has 176 valence electrons. The van der Waals surface area contributed by atoms with Gasteiger partial charge in [-0.2, -0.15) is 0 Å². The van der Waals surface area contributed by atoms with Crippen LogP contribution in [-0.4, -0.2) is 93.0 Å². The van der Waals surface area contributed by atoms with E-state index < -0.39 is 61.4 Å². The molecule has 31 heavy (non-hydrogen) atoms. The monoisotopic (exact) mass is 442 g/mol. The van der Waals surface area contributed by atoms with Crippen LogP contribution in [0.2, 0.25) is 0 Å². The van der Waals surface area contributed by atoms with Crippen molar-refractivity contribution in [3.05, 3.63) is 35.9 Å². The standard InChI is InChI=1S/C22H34O9/c1-12-16(28-11-14-9-7-6-8-10-14)18(25-3)15(23)22(30-12)31-17-13(2)29-21(24)20(27-5)19(17)26-4/h6-10,12-13,15-24H,11H2,1-5H3/t12-,13-,15+,16-,17-,18-,19+,20+,21+,22-/m0/s1. The summed E-state index contributed by atoms with van der Waals surface area (Å²) in [5.41, 5.74) is 1.01. The molecule has 0 radical (unpaired) electrons. The van der Waals surface area contributed by atoms with Gasteiger partial charge in [0, 0.05) is 21.3 Å². The number of hydrogen-bond acceptors (Lipinski definition) is 9. The molecule has 3 rings (SSSR count). The lowest BCUT2D eigenvalue weighted by Crippen LogP contribution is -2.64. The molecule has 0 amide bonds. The van der Waals surface area contributed by atoms with E-state index in [4.69, 9.17) is 33.2 Å². The van der Waals surface area contributed by atoms with Gasteiger partial charge in [-0.1, -0.05) is 30.3 Å². The Morgan fingerprint density at radius 2 is 1.39 bits per heavy atom. The van der Waals surface area contributed by atoms with Crippen LogP contribution in [0.3, 0.4) is 0 Å². The lowest BCUT2D eigenvalue weighted by Gasteiger charge is -2.47. The molecule has 1 aromatic carbocycles. The smallest absolute Gasteiger partial charge is 0.187 e. The van der Waals surface area contributed by atoms with E-state index in [1.165, 1.54) is 21.3 Å². The Morgan fingerprint density at radius 3 is 2.00 bits per heavy atom. The highest BCUT2D eigenvalue weighted by atomic mass is 16.7. The maximum absolute atomic E-state index is 10.9. The van der Waals surface area contributed by atoms with Crippen LogP contribution in [-0.2, 0) is 39.8 Å². The van der Waals surface area contributed by atoms with Gasteiger partial charge in [0.15, 0.2) is 12.6 Å². The Balaban J connectivity index is 1.69. The van der Waals surface area contributed by atoms with Gasteiger partial charge in [-0.3, -0.25) is 0 Å². The van der Waals surface area contributed by atoms with Crippen LogP contribution in [0, 0.1) is 0 Å². The third kappa shape index (κ3) is 5.44. The molecule has 2 N–H and O–H groups in total. The molecule has 0 aliphatic carbocycles. The zero-order valence-electron chi connectivity index (χ0n) is 18.6. The molecule has 9 nitrogen and oxygen atoms in total. The molecule has 0 saturated carbocycles. The van der Waals surface area contributed by atoms with Crippen molar-refractivity contribution in [3.8, 4) is 0 Å². The van der Waals surface area contributed by atoms with Crippen LogP contribution >= 0.6 is 0 Å². The van der Waals surface area contributed by atoms with Gasteiger partial charge in [0.2, 0.25) is 0 Å². The summed E-state index contributed by atoms with van der Waals surface area (Å²) in [6.45, 7) is 3.97. The van der Waals surface area contributed by atoms with Gasteiger partial charge in [-0.05, 0) is 19.4 Å². The maximum atomic E-state index is 10.9. The molecule has 1 aromatic rings. The van der Waals surface area contributed by atoms with Crippen molar-refractivity contribution >= 4 is 0 Å². The van der Waals surface area contributed by atoms with Gasteiger partial charge < -0.3 is 43.4 Å². The quantitative estimate of drug-likeness (QED) is 0.606. The van der Waals surface area contributed by atoms with Crippen molar-refractivity contribution in [2.24, 2.45) is 0 Å². The molecule has 0 unspecified atom stereocenters. The molecule has 0 spiro atoms. The molecule has 2 fully saturated rings. The van der Waals surface area contributed by atoms with Gasteiger partial charge >= 0.3 is 0 Å². The lowest BCUT2D eigenvalue weighted by atomic mass is 9.97. The minimum Gasteiger partial charge on any atom is -0.385 e. The van der Waals surface area contributed by atoms with Crippen molar-refractivity contribution in [1.29, 1.82) is 0 Å². The molecule has 2 aliphatic heterocycles. The second-order valence-electron chi connectivity index (χ2n) is 7.89. The van der Waals surface area contributed by atoms with Gasteiger partial charge in [-0.15, -0.1) is 0 Å². The van der Waals surface area contributed by atoms with E-state index in [0.717, 1.165) is 5.56 Å². The topological polar surface area (TPSA) is 105 Å². The summed E-state index contributed by atoms with van der Waals surface area (Å²) in [7, 11) is 4.48. The SMILES string of the molecule is CO[C@@H]1[C@@H](O[C@@H]2O[C@@H](C)[C@H](OCc3ccccc3)[C@@H](OC)[C@H]2O)[C@H](C)O[C@@H](O)[C@@H]1OC. The number of aliphatic hydroxyl groups is 2. The number of benzene rings is 1. The first-order valence-electron chi connectivity index (χ1n) is 10.5. The second-order valence-corrected chi connectivity index (χ2v) is 7.89. The van der Waals surface area contributed by atoms with Crippen LogP contribution in [0.1, 0.15) is 19.4 Å². The molecule has 0 bridgehead atoms. The number of ether oxygens (including phenoxy) is 7. The highest BCUT2D eigenvalue weighted by Gasteiger charge is 2.50. The molecular weight excluding hydrogens is 408 g/mol. The van der Waals surface area contributed by atoms with E-state index in [9.17, 15) is 10.2 Å². The Morgan fingerprint density at radius 1 is 0.774 bits per heavy atom. The van der Waals surface area contributed by atoms with E-state index in [1.54, 1.807) is 6.92 Å². The molecule has 2 heterocycles. The fourth-order valence-electron chi connectivity index (χ4n) is 4.22. The summed E-state index contributed by atoms with van der Waals surface area (Å²) < 4.78 is 40.1. The van der Waals surface area contributed by atoms with Crippen molar-refractivity contribution in [3.63, 3.8) is 0 Å². The number of rotatable bonds is 8. The van der Waals surface area contributed by atoms with Crippen molar-refractivity contribution in [2.45, 2.75) is 81.9 Å². The number of hydrogen-bond donors (Lipinski definition) is 2. The average molecular weight is 443 g/mol. The maximum Gasteiger partial charge on any atom is 0.187 e. The van der Waals surface area contributed by atoms with Gasteiger partial charge in [0.05, 0.1) is 18.8 Å². The molecule has 2 aliphatic rings. The third-order valence-electron chi connectivity index (χ3n) is 5.89. The highest BCUT2D eigenvalue weighted by Crippen LogP contribution is 2.32. The summed E-state index contributed by atoms with van der Waals surface area (Å²) >= 11 is 0. The Kier molecular flexibility index (Phi) is 8.80. The van der Waals surface area contributed by atoms with Gasteiger partial charge in [0.1, 0.15) is 36.6 Å². The van der Waals surface area contributed by atoms with Crippen LogP contribution in [0.4, 0.5) is 0 Å². The first-order chi connectivity index (χ1) is 14.9. The third-order valence-corrected chi connectivity index (χ3v) is 5.89. The zero-order chi connectivity index (χ0) is 22.5. The number of aliphatic hydroxyl groups excluding tert-OH is 2. The molecule has 2 saturated heterocycles.